The van der Waals surface area contributed by atoms with Gasteiger partial charge in [-0.05, 0) is 32.6 Å². The van der Waals surface area contributed by atoms with Crippen molar-refractivity contribution >= 4 is 11.6 Å². The number of nitrogens with zero attached hydrogens (tertiary/aromatic N) is 2. The Bertz CT molecular complexity index is 474. The molecule has 0 spiro atoms. The molecular formula is C15H26N4O. The molecule has 1 atom stereocenters. The van der Waals surface area contributed by atoms with Crippen LogP contribution in [0.15, 0.2) is 0 Å². The van der Waals surface area contributed by atoms with Crippen LogP contribution in [0.5, 0.6) is 0 Å². The van der Waals surface area contributed by atoms with E-state index in [4.69, 9.17) is 5.73 Å². The summed E-state index contributed by atoms with van der Waals surface area (Å²) < 4.78 is 1.80. The second kappa shape index (κ2) is 6.29. The van der Waals surface area contributed by atoms with Crippen molar-refractivity contribution in [2.45, 2.75) is 71.4 Å². The zero-order chi connectivity index (χ0) is 14.7. The van der Waals surface area contributed by atoms with Crippen molar-refractivity contribution in [1.82, 2.24) is 15.1 Å². The summed E-state index contributed by atoms with van der Waals surface area (Å²) in [6, 6.07) is 0.0433. The molecular weight excluding hydrogens is 252 g/mol. The lowest BCUT2D eigenvalue weighted by Crippen LogP contribution is -2.38. The van der Waals surface area contributed by atoms with Crippen molar-refractivity contribution in [3.63, 3.8) is 0 Å². The molecule has 5 heteroatoms. The van der Waals surface area contributed by atoms with Crippen LogP contribution in [0.2, 0.25) is 0 Å². The minimum absolute atomic E-state index is 0.0525. The first-order chi connectivity index (χ1) is 9.58. The fourth-order valence-electron chi connectivity index (χ4n) is 2.97. The molecule has 1 aliphatic rings. The molecule has 1 heterocycles. The molecule has 1 amide bonds. The molecule has 1 unspecified atom stereocenters. The van der Waals surface area contributed by atoms with E-state index in [-0.39, 0.29) is 11.9 Å². The highest BCUT2D eigenvalue weighted by Crippen LogP contribution is 2.23. The number of hydrogen-bond donors (Lipinski definition) is 2. The number of nitrogens with two attached hydrogens (primary N) is 1. The number of anilines is 1. The zero-order valence-corrected chi connectivity index (χ0v) is 12.8. The number of amides is 1. The molecule has 0 radical (unpaired) electrons. The summed E-state index contributed by atoms with van der Waals surface area (Å²) in [5, 5.41) is 7.66. The van der Waals surface area contributed by atoms with Crippen LogP contribution in [0, 0.1) is 0 Å². The van der Waals surface area contributed by atoms with Crippen LogP contribution in [0.4, 0.5) is 5.69 Å². The largest absolute Gasteiger partial charge is 0.396 e. The molecule has 0 aliphatic heterocycles. The average molecular weight is 278 g/mol. The summed E-state index contributed by atoms with van der Waals surface area (Å²) in [6.07, 6.45) is 6.21. The molecule has 1 saturated carbocycles. The molecule has 0 bridgehead atoms. The molecule has 20 heavy (non-hydrogen) atoms. The van der Waals surface area contributed by atoms with Gasteiger partial charge in [-0.15, -0.1) is 0 Å². The summed E-state index contributed by atoms with van der Waals surface area (Å²) >= 11 is 0. The van der Waals surface area contributed by atoms with E-state index in [2.05, 4.69) is 10.4 Å². The van der Waals surface area contributed by atoms with Gasteiger partial charge < -0.3 is 11.1 Å². The quantitative estimate of drug-likeness (QED) is 0.867. The maximum Gasteiger partial charge on any atom is 0.244 e. The van der Waals surface area contributed by atoms with Gasteiger partial charge in [0.2, 0.25) is 5.91 Å². The summed E-state index contributed by atoms with van der Waals surface area (Å²) in [5.74, 6) is 0.0525. The van der Waals surface area contributed by atoms with Gasteiger partial charge in [-0.2, -0.15) is 5.10 Å². The molecule has 3 N–H and O–H groups in total. The Morgan fingerprint density at radius 2 is 2.05 bits per heavy atom. The number of carbonyl (C=O) groups is 1. The Hall–Kier alpha value is -1.52. The van der Waals surface area contributed by atoms with Crippen molar-refractivity contribution in [3.05, 3.63) is 11.4 Å². The van der Waals surface area contributed by atoms with E-state index < -0.39 is 0 Å². The summed E-state index contributed by atoms with van der Waals surface area (Å²) in [4.78, 5) is 12.4. The third-order valence-electron chi connectivity index (χ3n) is 4.24. The van der Waals surface area contributed by atoms with Crippen LogP contribution in [-0.4, -0.2) is 21.7 Å². The van der Waals surface area contributed by atoms with Crippen LogP contribution in [-0.2, 0) is 17.6 Å². The highest BCUT2D eigenvalue weighted by Gasteiger charge is 2.25. The summed E-state index contributed by atoms with van der Waals surface area (Å²) in [7, 11) is 0. The molecule has 2 rings (SSSR count). The lowest BCUT2D eigenvalue weighted by Gasteiger charge is -2.18. The first kappa shape index (κ1) is 14.9. The van der Waals surface area contributed by atoms with Crippen LogP contribution < -0.4 is 11.1 Å². The van der Waals surface area contributed by atoms with Crippen molar-refractivity contribution in [2.24, 2.45) is 0 Å². The summed E-state index contributed by atoms with van der Waals surface area (Å²) in [5.41, 5.74) is 8.72. The number of carbonyl (C=O) groups excluding carboxylic acids is 1. The number of hydrogen-bond acceptors (Lipinski definition) is 3. The van der Waals surface area contributed by atoms with Crippen LogP contribution in [0.3, 0.4) is 0 Å². The number of nitrogens with one attached hydrogen (secondary N) is 1. The standard InChI is InChI=1S/C15H26N4O/c1-4-12-14(16)13(5-2)19(18-12)10(3)15(20)17-11-8-6-7-9-11/h10-11H,4-9,16H2,1-3H3,(H,17,20). The van der Waals surface area contributed by atoms with Crippen molar-refractivity contribution in [3.8, 4) is 0 Å². The van der Waals surface area contributed by atoms with Gasteiger partial charge in [-0.1, -0.05) is 26.7 Å². The number of rotatable bonds is 5. The smallest absolute Gasteiger partial charge is 0.244 e. The van der Waals surface area contributed by atoms with Gasteiger partial charge in [-0.3, -0.25) is 9.48 Å². The number of aromatic nitrogens is 2. The third-order valence-corrected chi connectivity index (χ3v) is 4.24. The lowest BCUT2D eigenvalue weighted by atomic mass is 10.2. The van der Waals surface area contributed by atoms with Crippen molar-refractivity contribution in [2.75, 3.05) is 5.73 Å². The predicted octanol–water partition coefficient (Wildman–Crippen LogP) is 2.21. The number of nitrogen functional groups attached to an aromatic ring is 1. The first-order valence-corrected chi connectivity index (χ1v) is 7.74. The van der Waals surface area contributed by atoms with E-state index in [1.165, 1.54) is 12.8 Å². The third kappa shape index (κ3) is 2.81. The Morgan fingerprint density at radius 3 is 2.60 bits per heavy atom. The highest BCUT2D eigenvalue weighted by atomic mass is 16.2. The van der Waals surface area contributed by atoms with Crippen LogP contribution >= 0.6 is 0 Å². The Morgan fingerprint density at radius 1 is 1.40 bits per heavy atom. The lowest BCUT2D eigenvalue weighted by molar-refractivity contribution is -0.124. The fourth-order valence-corrected chi connectivity index (χ4v) is 2.97. The Balaban J connectivity index is 2.14. The molecule has 1 aromatic rings. The predicted molar refractivity (Wildman–Crippen MR) is 80.5 cm³/mol. The van der Waals surface area contributed by atoms with Gasteiger partial charge >= 0.3 is 0 Å². The van der Waals surface area contributed by atoms with E-state index in [9.17, 15) is 4.79 Å². The van der Waals surface area contributed by atoms with Gasteiger partial charge in [0.25, 0.3) is 0 Å². The van der Waals surface area contributed by atoms with Crippen LogP contribution in [0.25, 0.3) is 0 Å². The van der Waals surface area contributed by atoms with Gasteiger partial charge in [0.15, 0.2) is 0 Å². The minimum Gasteiger partial charge on any atom is -0.396 e. The molecule has 1 aromatic heterocycles. The minimum atomic E-state index is -0.298. The topological polar surface area (TPSA) is 72.9 Å². The van der Waals surface area contributed by atoms with E-state index >= 15 is 0 Å². The average Bonchev–Trinajstić information content (AvgIpc) is 3.05. The van der Waals surface area contributed by atoms with E-state index in [1.807, 2.05) is 20.8 Å². The SMILES string of the molecule is CCc1nn(C(C)C(=O)NC2CCCC2)c(CC)c1N. The molecule has 1 aliphatic carbocycles. The number of aryl methyl sites for hydroxylation is 1. The molecule has 5 nitrogen and oxygen atoms in total. The van der Waals surface area contributed by atoms with E-state index in [0.717, 1.165) is 42.8 Å². The second-order valence-electron chi connectivity index (χ2n) is 5.62. The maximum absolute atomic E-state index is 12.4. The van der Waals surface area contributed by atoms with Gasteiger partial charge in [0, 0.05) is 6.04 Å². The normalized spacial score (nSPS) is 17.4. The van der Waals surface area contributed by atoms with Crippen LogP contribution in [0.1, 0.15) is 63.9 Å². The van der Waals surface area contributed by atoms with Crippen molar-refractivity contribution < 1.29 is 4.79 Å². The molecule has 0 saturated heterocycles. The second-order valence-corrected chi connectivity index (χ2v) is 5.62. The van der Waals surface area contributed by atoms with Crippen molar-refractivity contribution in [1.29, 1.82) is 0 Å². The maximum atomic E-state index is 12.4. The zero-order valence-electron chi connectivity index (χ0n) is 12.8. The Labute approximate surface area is 120 Å². The van der Waals surface area contributed by atoms with Gasteiger partial charge in [-0.25, -0.2) is 0 Å². The highest BCUT2D eigenvalue weighted by molar-refractivity contribution is 5.80. The van der Waals surface area contributed by atoms with Gasteiger partial charge in [0.05, 0.1) is 17.1 Å². The Kier molecular flexibility index (Phi) is 4.68. The first-order valence-electron chi connectivity index (χ1n) is 7.74. The van der Waals surface area contributed by atoms with Gasteiger partial charge in [0.1, 0.15) is 6.04 Å². The monoisotopic (exact) mass is 278 g/mol. The fraction of sp³-hybridized carbons (Fsp3) is 0.733. The molecule has 0 aromatic carbocycles. The molecule has 1 fully saturated rings. The summed E-state index contributed by atoms with van der Waals surface area (Å²) in [6.45, 7) is 5.98. The molecule has 112 valence electrons. The van der Waals surface area contributed by atoms with E-state index in [1.54, 1.807) is 4.68 Å². The van der Waals surface area contributed by atoms with E-state index in [0.29, 0.717) is 6.04 Å².